The highest BCUT2D eigenvalue weighted by Crippen LogP contribution is 2.21. The standard InChI is InChI=1S/C18H28N4O.2ClH/c23-18(21-11-8-15-6-4-9-19-14-15)16-7-5-10-20-17(16)22-12-2-1-3-13-22;;/h5,7,10,15,19H,1-4,6,8-9,11-14H2,(H,21,23);2*1H. The van der Waals surface area contributed by atoms with Crippen LogP contribution < -0.4 is 15.5 Å². The fourth-order valence-electron chi connectivity index (χ4n) is 3.59. The first-order valence-electron chi connectivity index (χ1n) is 9.03. The summed E-state index contributed by atoms with van der Waals surface area (Å²) in [7, 11) is 0. The van der Waals surface area contributed by atoms with Gasteiger partial charge in [0.2, 0.25) is 0 Å². The van der Waals surface area contributed by atoms with Crippen LogP contribution in [0.2, 0.25) is 0 Å². The van der Waals surface area contributed by atoms with Crippen molar-refractivity contribution in [2.75, 3.05) is 37.6 Å². The molecule has 0 radical (unpaired) electrons. The van der Waals surface area contributed by atoms with E-state index < -0.39 is 0 Å². The van der Waals surface area contributed by atoms with E-state index in [-0.39, 0.29) is 30.7 Å². The first kappa shape index (κ1) is 22.0. The Bertz CT molecular complexity index is 518. The number of hydrogen-bond acceptors (Lipinski definition) is 4. The van der Waals surface area contributed by atoms with Crippen molar-refractivity contribution in [3.63, 3.8) is 0 Å². The smallest absolute Gasteiger partial charge is 0.255 e. The van der Waals surface area contributed by atoms with E-state index in [1.165, 1.54) is 32.1 Å². The Kier molecular flexibility index (Phi) is 10.2. The van der Waals surface area contributed by atoms with Gasteiger partial charge >= 0.3 is 0 Å². The zero-order valence-electron chi connectivity index (χ0n) is 14.7. The van der Waals surface area contributed by atoms with Gasteiger partial charge in [-0.15, -0.1) is 24.8 Å². The number of halogens is 2. The van der Waals surface area contributed by atoms with Gasteiger partial charge in [0.05, 0.1) is 5.56 Å². The van der Waals surface area contributed by atoms with Gasteiger partial charge < -0.3 is 15.5 Å². The fraction of sp³-hybridized carbons (Fsp3) is 0.667. The van der Waals surface area contributed by atoms with Gasteiger partial charge in [-0.2, -0.15) is 0 Å². The first-order chi connectivity index (χ1) is 11.3. The van der Waals surface area contributed by atoms with Gasteiger partial charge in [0, 0.05) is 25.8 Å². The maximum Gasteiger partial charge on any atom is 0.255 e. The molecule has 1 amide bonds. The number of aromatic nitrogens is 1. The van der Waals surface area contributed by atoms with Crippen LogP contribution in [0.5, 0.6) is 0 Å². The molecule has 0 saturated carbocycles. The number of carbonyl (C=O) groups excluding carboxylic acids is 1. The predicted molar refractivity (Wildman–Crippen MR) is 107 cm³/mol. The monoisotopic (exact) mass is 388 g/mol. The Balaban J connectivity index is 0.00000156. The van der Waals surface area contributed by atoms with Crippen molar-refractivity contribution in [3.8, 4) is 0 Å². The van der Waals surface area contributed by atoms with Gasteiger partial charge in [0.25, 0.3) is 5.91 Å². The van der Waals surface area contributed by atoms with Crippen LogP contribution in [0.1, 0.15) is 48.9 Å². The molecule has 3 rings (SSSR count). The van der Waals surface area contributed by atoms with E-state index in [4.69, 9.17) is 0 Å². The molecule has 3 heterocycles. The molecule has 2 aliphatic heterocycles. The normalized spacial score (nSPS) is 20.2. The van der Waals surface area contributed by atoms with E-state index in [0.29, 0.717) is 5.92 Å². The van der Waals surface area contributed by atoms with Crippen LogP contribution in [0.3, 0.4) is 0 Å². The van der Waals surface area contributed by atoms with Gasteiger partial charge in [-0.05, 0) is 69.7 Å². The summed E-state index contributed by atoms with van der Waals surface area (Å²) in [5.74, 6) is 1.56. The van der Waals surface area contributed by atoms with Gasteiger partial charge in [-0.25, -0.2) is 4.98 Å². The zero-order valence-corrected chi connectivity index (χ0v) is 16.3. The van der Waals surface area contributed by atoms with Crippen LogP contribution >= 0.6 is 24.8 Å². The van der Waals surface area contributed by atoms with Crippen molar-refractivity contribution in [3.05, 3.63) is 23.9 Å². The Morgan fingerprint density at radius 2 is 2.04 bits per heavy atom. The third kappa shape index (κ3) is 6.32. The van der Waals surface area contributed by atoms with Crippen molar-refractivity contribution in [2.24, 2.45) is 5.92 Å². The maximum absolute atomic E-state index is 12.6. The number of amides is 1. The molecule has 1 atom stereocenters. The molecular formula is C18H30Cl2N4O. The second-order valence-electron chi connectivity index (χ2n) is 6.68. The van der Waals surface area contributed by atoms with Gasteiger partial charge in [-0.3, -0.25) is 4.79 Å². The molecule has 5 nitrogen and oxygen atoms in total. The summed E-state index contributed by atoms with van der Waals surface area (Å²) in [5, 5.41) is 6.52. The van der Waals surface area contributed by atoms with E-state index in [2.05, 4.69) is 20.5 Å². The number of anilines is 1. The lowest BCUT2D eigenvalue weighted by atomic mass is 9.96. The summed E-state index contributed by atoms with van der Waals surface area (Å²) in [5.41, 5.74) is 0.719. The van der Waals surface area contributed by atoms with Crippen LogP contribution in [0, 0.1) is 5.92 Å². The summed E-state index contributed by atoms with van der Waals surface area (Å²) in [6, 6.07) is 3.75. The molecule has 0 spiro atoms. The molecule has 142 valence electrons. The van der Waals surface area contributed by atoms with E-state index in [1.54, 1.807) is 6.20 Å². The van der Waals surface area contributed by atoms with E-state index in [0.717, 1.165) is 50.5 Å². The van der Waals surface area contributed by atoms with Crippen molar-refractivity contribution < 1.29 is 4.79 Å². The van der Waals surface area contributed by atoms with E-state index in [9.17, 15) is 4.79 Å². The second-order valence-corrected chi connectivity index (χ2v) is 6.68. The lowest BCUT2D eigenvalue weighted by Crippen LogP contribution is -2.35. The minimum absolute atomic E-state index is 0. The van der Waals surface area contributed by atoms with Gasteiger partial charge in [0.1, 0.15) is 5.82 Å². The SMILES string of the molecule is Cl.Cl.O=C(NCCC1CCCNC1)c1cccnc1N1CCCCC1. The molecule has 7 heteroatoms. The van der Waals surface area contributed by atoms with Gasteiger partial charge in [0.15, 0.2) is 0 Å². The van der Waals surface area contributed by atoms with Crippen LogP contribution in [-0.2, 0) is 0 Å². The Morgan fingerprint density at radius 1 is 1.24 bits per heavy atom. The first-order valence-corrected chi connectivity index (χ1v) is 9.03. The van der Waals surface area contributed by atoms with Crippen LogP contribution in [0.25, 0.3) is 0 Å². The molecule has 2 fully saturated rings. The lowest BCUT2D eigenvalue weighted by Gasteiger charge is -2.29. The van der Waals surface area contributed by atoms with Gasteiger partial charge in [-0.1, -0.05) is 0 Å². The molecule has 2 N–H and O–H groups in total. The van der Waals surface area contributed by atoms with Crippen LogP contribution in [0.15, 0.2) is 18.3 Å². The highest BCUT2D eigenvalue weighted by molar-refractivity contribution is 5.98. The highest BCUT2D eigenvalue weighted by atomic mass is 35.5. The minimum Gasteiger partial charge on any atom is -0.356 e. The van der Waals surface area contributed by atoms with Crippen LogP contribution in [-0.4, -0.2) is 43.6 Å². The number of nitrogens with zero attached hydrogens (tertiary/aromatic N) is 2. The molecule has 0 aromatic carbocycles. The number of piperidine rings is 2. The average Bonchev–Trinajstić information content (AvgIpc) is 2.63. The number of pyridine rings is 1. The number of carbonyl (C=O) groups is 1. The molecule has 2 aliphatic rings. The quantitative estimate of drug-likeness (QED) is 0.813. The van der Waals surface area contributed by atoms with Crippen molar-refractivity contribution in [1.82, 2.24) is 15.6 Å². The molecule has 0 aliphatic carbocycles. The Labute approximate surface area is 163 Å². The highest BCUT2D eigenvalue weighted by Gasteiger charge is 2.20. The third-order valence-electron chi connectivity index (χ3n) is 4.92. The summed E-state index contributed by atoms with van der Waals surface area (Å²) in [6.07, 6.45) is 9.01. The predicted octanol–water partition coefficient (Wildman–Crippen LogP) is 3.04. The third-order valence-corrected chi connectivity index (χ3v) is 4.92. The van der Waals surface area contributed by atoms with Crippen molar-refractivity contribution in [2.45, 2.75) is 38.5 Å². The largest absolute Gasteiger partial charge is 0.356 e. The maximum atomic E-state index is 12.6. The van der Waals surface area contributed by atoms with E-state index >= 15 is 0 Å². The summed E-state index contributed by atoms with van der Waals surface area (Å²) < 4.78 is 0. The van der Waals surface area contributed by atoms with Crippen LogP contribution in [0.4, 0.5) is 5.82 Å². The zero-order chi connectivity index (χ0) is 15.9. The van der Waals surface area contributed by atoms with Crippen molar-refractivity contribution >= 4 is 36.5 Å². The average molecular weight is 389 g/mol. The second kappa shape index (κ2) is 11.6. The van der Waals surface area contributed by atoms with E-state index in [1.807, 2.05) is 12.1 Å². The molecule has 1 unspecified atom stereocenters. The fourth-order valence-corrected chi connectivity index (χ4v) is 3.59. The molecular weight excluding hydrogens is 359 g/mol. The summed E-state index contributed by atoms with van der Waals surface area (Å²) in [6.45, 7) is 4.98. The van der Waals surface area contributed by atoms with Crippen molar-refractivity contribution in [1.29, 1.82) is 0 Å². The topological polar surface area (TPSA) is 57.3 Å². The Hall–Kier alpha value is -1.04. The number of hydrogen-bond donors (Lipinski definition) is 2. The number of rotatable bonds is 5. The molecule has 1 aromatic heterocycles. The Morgan fingerprint density at radius 3 is 2.76 bits per heavy atom. The minimum atomic E-state index is 0. The molecule has 0 bridgehead atoms. The summed E-state index contributed by atoms with van der Waals surface area (Å²) >= 11 is 0. The summed E-state index contributed by atoms with van der Waals surface area (Å²) in [4.78, 5) is 19.3. The molecule has 1 aromatic rings. The number of nitrogens with one attached hydrogen (secondary N) is 2. The molecule has 25 heavy (non-hydrogen) atoms. The molecule has 2 saturated heterocycles. The lowest BCUT2D eigenvalue weighted by molar-refractivity contribution is 0.0950.